The third-order valence-electron chi connectivity index (χ3n) is 4.04. The molecule has 0 aliphatic carbocycles. The van der Waals surface area contributed by atoms with Crippen molar-refractivity contribution in [2.45, 2.75) is 0 Å². The SMILES string of the molecule is O=C(NC(=S)N1CCN(c2c(F)c(F)c(Cl)c(F)c2F)CC1)c1cccs1. The first-order valence-electron chi connectivity index (χ1n) is 7.71. The molecule has 1 aromatic carbocycles. The third-order valence-corrected chi connectivity index (χ3v) is 5.60. The first-order chi connectivity index (χ1) is 12.8. The molecular weight excluding hydrogens is 426 g/mol. The molecule has 0 unspecified atom stereocenters. The Kier molecular flexibility index (Phi) is 5.87. The van der Waals surface area contributed by atoms with E-state index in [9.17, 15) is 22.4 Å². The number of hydrogen-bond donors (Lipinski definition) is 1. The Morgan fingerprint density at radius 3 is 2.19 bits per heavy atom. The number of carbonyl (C=O) groups excluding carboxylic acids is 1. The quantitative estimate of drug-likeness (QED) is 0.335. The number of anilines is 1. The summed E-state index contributed by atoms with van der Waals surface area (Å²) in [5, 5.41) is 3.29. The van der Waals surface area contributed by atoms with E-state index in [1.54, 1.807) is 22.4 Å². The van der Waals surface area contributed by atoms with E-state index in [2.05, 4.69) is 5.32 Å². The van der Waals surface area contributed by atoms with Crippen molar-refractivity contribution in [2.24, 2.45) is 0 Å². The molecule has 1 aliphatic heterocycles. The van der Waals surface area contributed by atoms with Gasteiger partial charge in [-0.05, 0) is 23.7 Å². The highest BCUT2D eigenvalue weighted by Gasteiger charge is 2.30. The summed E-state index contributed by atoms with van der Waals surface area (Å²) in [6.45, 7) is 0.495. The Morgan fingerprint density at radius 1 is 1.07 bits per heavy atom. The van der Waals surface area contributed by atoms with Gasteiger partial charge < -0.3 is 9.80 Å². The van der Waals surface area contributed by atoms with Gasteiger partial charge in [0.15, 0.2) is 28.4 Å². The predicted molar refractivity (Wildman–Crippen MR) is 99.5 cm³/mol. The second kappa shape index (κ2) is 7.99. The molecule has 3 rings (SSSR count). The van der Waals surface area contributed by atoms with Crippen molar-refractivity contribution < 1.29 is 22.4 Å². The Morgan fingerprint density at radius 2 is 1.67 bits per heavy atom. The molecule has 0 spiro atoms. The maximum absolute atomic E-state index is 14.1. The lowest BCUT2D eigenvalue weighted by Gasteiger charge is -2.37. The van der Waals surface area contributed by atoms with Crippen LogP contribution in [0, 0.1) is 23.3 Å². The number of thiophene rings is 1. The van der Waals surface area contributed by atoms with E-state index < -0.39 is 34.0 Å². The summed E-state index contributed by atoms with van der Waals surface area (Å²) in [6, 6.07) is 3.38. The van der Waals surface area contributed by atoms with Gasteiger partial charge in [0.25, 0.3) is 5.91 Å². The number of thiocarbonyl (C=S) groups is 1. The molecule has 0 bridgehead atoms. The van der Waals surface area contributed by atoms with Crippen molar-refractivity contribution in [3.05, 3.63) is 50.7 Å². The first-order valence-corrected chi connectivity index (χ1v) is 9.38. The summed E-state index contributed by atoms with van der Waals surface area (Å²) in [4.78, 5) is 15.3. The third kappa shape index (κ3) is 3.87. The zero-order valence-corrected chi connectivity index (χ0v) is 16.0. The molecule has 1 fully saturated rings. The number of hydrogen-bond acceptors (Lipinski definition) is 4. The van der Waals surface area contributed by atoms with Gasteiger partial charge in [-0.15, -0.1) is 11.3 Å². The minimum absolute atomic E-state index is 0.0450. The van der Waals surface area contributed by atoms with E-state index in [0.717, 1.165) is 0 Å². The fourth-order valence-electron chi connectivity index (χ4n) is 2.65. The van der Waals surface area contributed by atoms with Gasteiger partial charge in [0.05, 0.1) is 4.88 Å². The topological polar surface area (TPSA) is 35.6 Å². The maximum Gasteiger partial charge on any atom is 0.267 e. The lowest BCUT2D eigenvalue weighted by molar-refractivity contribution is 0.0977. The van der Waals surface area contributed by atoms with Crippen molar-refractivity contribution in [3.8, 4) is 0 Å². The summed E-state index contributed by atoms with van der Waals surface area (Å²) in [6.07, 6.45) is 0. The molecule has 27 heavy (non-hydrogen) atoms. The first kappa shape index (κ1) is 19.8. The molecule has 1 aliphatic rings. The number of benzene rings is 1. The highest BCUT2D eigenvalue weighted by molar-refractivity contribution is 7.80. The van der Waals surface area contributed by atoms with E-state index >= 15 is 0 Å². The average molecular weight is 438 g/mol. The molecule has 2 aromatic rings. The summed E-state index contributed by atoms with van der Waals surface area (Å²) < 4.78 is 55.4. The molecule has 0 radical (unpaired) electrons. The van der Waals surface area contributed by atoms with Gasteiger partial charge in [-0.1, -0.05) is 17.7 Å². The zero-order valence-electron chi connectivity index (χ0n) is 13.6. The standard InChI is InChI=1S/C16H12ClF4N3OS2/c17-9-10(18)12(20)14(13(21)11(9)19)23-3-5-24(6-4-23)16(26)22-15(25)8-2-1-7-27-8/h1-2,7H,3-6H2,(H,22,25,26). The molecule has 4 nitrogen and oxygen atoms in total. The van der Waals surface area contributed by atoms with Crippen molar-refractivity contribution >= 4 is 51.9 Å². The molecule has 1 aromatic heterocycles. The van der Waals surface area contributed by atoms with Gasteiger partial charge in [-0.25, -0.2) is 17.6 Å². The number of amides is 1. The Bertz CT molecular complexity index is 857. The Hall–Kier alpha value is -1.91. The molecule has 144 valence electrons. The minimum atomic E-state index is -1.63. The number of nitrogens with one attached hydrogen (secondary N) is 1. The summed E-state index contributed by atoms with van der Waals surface area (Å²) in [5.74, 6) is -6.70. The summed E-state index contributed by atoms with van der Waals surface area (Å²) in [5.41, 5.74) is -0.803. The van der Waals surface area contributed by atoms with Crippen LogP contribution in [0.5, 0.6) is 0 Å². The normalized spacial score (nSPS) is 14.4. The van der Waals surface area contributed by atoms with Crippen LogP contribution in [0.2, 0.25) is 5.02 Å². The van der Waals surface area contributed by atoms with Gasteiger partial charge in [-0.3, -0.25) is 10.1 Å². The van der Waals surface area contributed by atoms with Crippen LogP contribution in [0.3, 0.4) is 0 Å². The fourth-order valence-corrected chi connectivity index (χ4v) is 3.71. The van der Waals surface area contributed by atoms with E-state index in [4.69, 9.17) is 23.8 Å². The smallest absolute Gasteiger partial charge is 0.267 e. The van der Waals surface area contributed by atoms with E-state index in [0.29, 0.717) is 4.88 Å². The summed E-state index contributed by atoms with van der Waals surface area (Å²) >= 11 is 11.7. The molecule has 2 heterocycles. The van der Waals surface area contributed by atoms with Crippen molar-refractivity contribution in [1.82, 2.24) is 10.2 Å². The van der Waals surface area contributed by atoms with Crippen molar-refractivity contribution in [3.63, 3.8) is 0 Å². The summed E-state index contributed by atoms with van der Waals surface area (Å²) in [7, 11) is 0. The largest absolute Gasteiger partial charge is 0.363 e. The van der Waals surface area contributed by atoms with Crippen LogP contribution in [0.1, 0.15) is 9.67 Å². The minimum Gasteiger partial charge on any atom is -0.363 e. The van der Waals surface area contributed by atoms with Gasteiger partial charge in [-0.2, -0.15) is 0 Å². The lowest BCUT2D eigenvalue weighted by Crippen LogP contribution is -2.53. The molecule has 11 heteroatoms. The van der Waals surface area contributed by atoms with E-state index in [-0.39, 0.29) is 37.2 Å². The predicted octanol–water partition coefficient (Wildman–Crippen LogP) is 3.79. The fraction of sp³-hybridized carbons (Fsp3) is 0.250. The average Bonchev–Trinajstić information content (AvgIpc) is 3.20. The second-order valence-electron chi connectivity index (χ2n) is 5.63. The van der Waals surface area contributed by atoms with Crippen LogP contribution in [0.4, 0.5) is 23.2 Å². The zero-order chi connectivity index (χ0) is 19.7. The van der Waals surface area contributed by atoms with E-state index in [1.165, 1.54) is 16.2 Å². The van der Waals surface area contributed by atoms with Crippen LogP contribution < -0.4 is 10.2 Å². The number of halogens is 5. The maximum atomic E-state index is 14.1. The van der Waals surface area contributed by atoms with E-state index in [1.807, 2.05) is 0 Å². The van der Waals surface area contributed by atoms with Crippen LogP contribution in [0.15, 0.2) is 17.5 Å². The highest BCUT2D eigenvalue weighted by atomic mass is 35.5. The lowest BCUT2D eigenvalue weighted by atomic mass is 10.2. The van der Waals surface area contributed by atoms with Gasteiger partial charge >= 0.3 is 0 Å². The molecule has 1 amide bonds. The van der Waals surface area contributed by atoms with Crippen LogP contribution in [-0.2, 0) is 0 Å². The molecular formula is C16H12ClF4N3OS2. The van der Waals surface area contributed by atoms with Gasteiger partial charge in [0.1, 0.15) is 10.7 Å². The van der Waals surface area contributed by atoms with Crippen LogP contribution in [0.25, 0.3) is 0 Å². The van der Waals surface area contributed by atoms with Crippen LogP contribution >= 0.6 is 35.2 Å². The van der Waals surface area contributed by atoms with Gasteiger partial charge in [0.2, 0.25) is 0 Å². The number of carbonyl (C=O) groups is 1. The molecule has 0 saturated carbocycles. The molecule has 1 N–H and O–H groups in total. The monoisotopic (exact) mass is 437 g/mol. The van der Waals surface area contributed by atoms with Crippen molar-refractivity contribution in [1.29, 1.82) is 0 Å². The van der Waals surface area contributed by atoms with Gasteiger partial charge in [0, 0.05) is 26.2 Å². The second-order valence-corrected chi connectivity index (χ2v) is 7.34. The number of rotatable bonds is 2. The Labute approximate surface area is 166 Å². The Balaban J connectivity index is 1.67. The molecule has 1 saturated heterocycles. The highest BCUT2D eigenvalue weighted by Crippen LogP contribution is 2.33. The number of piperazine rings is 1. The van der Waals surface area contributed by atoms with Crippen molar-refractivity contribution in [2.75, 3.05) is 31.1 Å². The molecule has 0 atom stereocenters. The number of nitrogens with zero attached hydrogens (tertiary/aromatic N) is 2. The van der Waals surface area contributed by atoms with Crippen LogP contribution in [-0.4, -0.2) is 42.1 Å².